The second-order valence-electron chi connectivity index (χ2n) is 5.52. The van der Waals surface area contributed by atoms with Crippen molar-refractivity contribution in [1.82, 2.24) is 0 Å². The molecule has 1 aromatic carbocycles. The highest BCUT2D eigenvalue weighted by Crippen LogP contribution is 2.39. The van der Waals surface area contributed by atoms with Crippen molar-refractivity contribution in [3.8, 4) is 5.75 Å². The second-order valence-corrected chi connectivity index (χ2v) is 5.52. The molecule has 3 rings (SSSR count). The number of aliphatic hydroxyl groups excluding tert-OH is 1. The van der Waals surface area contributed by atoms with Gasteiger partial charge >= 0.3 is 5.97 Å². The van der Waals surface area contributed by atoms with E-state index in [1.807, 2.05) is 12.1 Å². The highest BCUT2D eigenvalue weighted by atomic mass is 16.5. The van der Waals surface area contributed by atoms with Gasteiger partial charge in [0.15, 0.2) is 11.3 Å². The third-order valence-electron chi connectivity index (χ3n) is 4.08. The smallest absolute Gasteiger partial charge is 0.334 e. The molecule has 0 spiro atoms. The molecule has 5 heteroatoms. The third-order valence-corrected chi connectivity index (χ3v) is 4.08. The fraction of sp³-hybridized carbons (Fsp3) is 0.389. The van der Waals surface area contributed by atoms with Crippen LogP contribution in [0.15, 0.2) is 28.2 Å². The molecule has 0 saturated heterocycles. The molecule has 122 valence electrons. The van der Waals surface area contributed by atoms with E-state index >= 15 is 0 Å². The predicted molar refractivity (Wildman–Crippen MR) is 86.1 cm³/mol. The Balaban J connectivity index is 2.09. The molecule has 1 heterocycles. The van der Waals surface area contributed by atoms with Gasteiger partial charge in [-0.2, -0.15) is 0 Å². The average molecular weight is 316 g/mol. The molecule has 0 amide bonds. The summed E-state index contributed by atoms with van der Waals surface area (Å²) in [6.45, 7) is 2.10. The van der Waals surface area contributed by atoms with Crippen LogP contribution >= 0.6 is 0 Å². The van der Waals surface area contributed by atoms with E-state index in [-0.39, 0.29) is 12.6 Å². The summed E-state index contributed by atoms with van der Waals surface area (Å²) in [5.74, 6) is 0.992. The van der Waals surface area contributed by atoms with Crippen LogP contribution in [0.5, 0.6) is 5.75 Å². The number of aliphatic hydroxyl groups is 1. The molecule has 1 aromatic heterocycles. The first-order valence-corrected chi connectivity index (χ1v) is 7.78. The lowest BCUT2D eigenvalue weighted by atomic mass is 10.1. The summed E-state index contributed by atoms with van der Waals surface area (Å²) >= 11 is 0. The molecule has 0 aliphatic heterocycles. The minimum absolute atomic E-state index is 0.0659. The Labute approximate surface area is 134 Å². The summed E-state index contributed by atoms with van der Waals surface area (Å²) < 4.78 is 16.4. The Bertz CT molecular complexity index is 769. The van der Waals surface area contributed by atoms with Crippen molar-refractivity contribution in [3.63, 3.8) is 0 Å². The van der Waals surface area contributed by atoms with Crippen LogP contribution in [0.4, 0.5) is 0 Å². The first-order valence-electron chi connectivity index (χ1n) is 7.78. The molecule has 0 atom stereocenters. The van der Waals surface area contributed by atoms with E-state index in [1.54, 1.807) is 20.1 Å². The number of hydrogen-bond donors (Lipinski definition) is 1. The van der Waals surface area contributed by atoms with Gasteiger partial charge in [0.1, 0.15) is 5.76 Å². The fourth-order valence-corrected chi connectivity index (χ4v) is 3.03. The standard InChI is InChI=1S/C18H20O5/c1-3-22-18(20)14-6-4-5-13(14)15-9-12-7-11(10-19)8-16(21-2)17(12)23-15/h7-9,19H,3-6,10H2,1-2H3. The van der Waals surface area contributed by atoms with Crippen LogP contribution in [-0.2, 0) is 16.1 Å². The van der Waals surface area contributed by atoms with Gasteiger partial charge in [0.25, 0.3) is 0 Å². The van der Waals surface area contributed by atoms with Crippen LogP contribution in [0.1, 0.15) is 37.5 Å². The van der Waals surface area contributed by atoms with Crippen molar-refractivity contribution in [2.24, 2.45) is 0 Å². The van der Waals surface area contributed by atoms with E-state index in [4.69, 9.17) is 13.9 Å². The van der Waals surface area contributed by atoms with E-state index in [9.17, 15) is 9.90 Å². The summed E-state index contributed by atoms with van der Waals surface area (Å²) in [7, 11) is 1.57. The van der Waals surface area contributed by atoms with Gasteiger partial charge in [-0.3, -0.25) is 0 Å². The van der Waals surface area contributed by atoms with Gasteiger partial charge in [-0.05, 0) is 49.9 Å². The minimum Gasteiger partial charge on any atom is -0.493 e. The maximum atomic E-state index is 12.1. The lowest BCUT2D eigenvalue weighted by Crippen LogP contribution is -2.07. The Morgan fingerprint density at radius 1 is 1.30 bits per heavy atom. The van der Waals surface area contributed by atoms with Crippen LogP contribution in [0.25, 0.3) is 16.5 Å². The quantitative estimate of drug-likeness (QED) is 0.856. The highest BCUT2D eigenvalue weighted by Gasteiger charge is 2.25. The summed E-state index contributed by atoms with van der Waals surface area (Å²) in [4.78, 5) is 12.1. The number of rotatable bonds is 5. The normalized spacial score (nSPS) is 14.6. The van der Waals surface area contributed by atoms with Gasteiger partial charge in [0, 0.05) is 16.5 Å². The van der Waals surface area contributed by atoms with Crippen molar-refractivity contribution in [1.29, 1.82) is 0 Å². The van der Waals surface area contributed by atoms with Crippen LogP contribution in [-0.4, -0.2) is 24.8 Å². The van der Waals surface area contributed by atoms with Gasteiger partial charge < -0.3 is 19.0 Å². The molecule has 0 radical (unpaired) electrons. The monoisotopic (exact) mass is 316 g/mol. The van der Waals surface area contributed by atoms with Crippen molar-refractivity contribution >= 4 is 22.5 Å². The molecule has 0 fully saturated rings. The largest absolute Gasteiger partial charge is 0.493 e. The molecular formula is C18H20O5. The van der Waals surface area contributed by atoms with Gasteiger partial charge in [-0.25, -0.2) is 4.79 Å². The number of esters is 1. The van der Waals surface area contributed by atoms with Gasteiger partial charge in [0.2, 0.25) is 0 Å². The number of benzene rings is 1. The molecule has 0 unspecified atom stereocenters. The molecule has 0 bridgehead atoms. The number of allylic oxidation sites excluding steroid dienone is 1. The summed E-state index contributed by atoms with van der Waals surface area (Å²) in [5.41, 5.74) is 2.99. The van der Waals surface area contributed by atoms with Gasteiger partial charge in [-0.1, -0.05) is 0 Å². The molecule has 23 heavy (non-hydrogen) atoms. The van der Waals surface area contributed by atoms with Crippen molar-refractivity contribution in [3.05, 3.63) is 35.1 Å². The molecule has 1 aliphatic carbocycles. The molecular weight excluding hydrogens is 296 g/mol. The SMILES string of the molecule is CCOC(=O)C1=C(c2cc3cc(CO)cc(OC)c3o2)CCC1. The zero-order valence-electron chi connectivity index (χ0n) is 13.3. The maximum absolute atomic E-state index is 12.1. The summed E-state index contributed by atoms with van der Waals surface area (Å²) in [6.07, 6.45) is 2.42. The molecule has 2 aromatic rings. The fourth-order valence-electron chi connectivity index (χ4n) is 3.03. The van der Waals surface area contributed by atoms with Gasteiger partial charge in [-0.15, -0.1) is 0 Å². The molecule has 5 nitrogen and oxygen atoms in total. The van der Waals surface area contributed by atoms with Crippen molar-refractivity contribution in [2.45, 2.75) is 32.8 Å². The Kier molecular flexibility index (Phi) is 4.39. The molecule has 1 N–H and O–H groups in total. The number of methoxy groups -OCH3 is 1. The maximum Gasteiger partial charge on any atom is 0.334 e. The average Bonchev–Trinajstić information content (AvgIpc) is 3.20. The summed E-state index contributed by atoms with van der Waals surface area (Å²) in [6, 6.07) is 5.52. The second kappa shape index (κ2) is 6.46. The van der Waals surface area contributed by atoms with Crippen LogP contribution < -0.4 is 4.74 Å². The number of furan rings is 1. The Morgan fingerprint density at radius 3 is 2.83 bits per heavy atom. The summed E-state index contributed by atoms with van der Waals surface area (Å²) in [5, 5.41) is 10.2. The van der Waals surface area contributed by atoms with Crippen LogP contribution in [0, 0.1) is 0 Å². The minimum atomic E-state index is -0.261. The zero-order valence-corrected chi connectivity index (χ0v) is 13.3. The first kappa shape index (κ1) is 15.6. The molecule has 1 aliphatic rings. The van der Waals surface area contributed by atoms with E-state index in [2.05, 4.69) is 0 Å². The third kappa shape index (κ3) is 2.84. The highest BCUT2D eigenvalue weighted by molar-refractivity contribution is 5.99. The van der Waals surface area contributed by atoms with E-state index < -0.39 is 0 Å². The lowest BCUT2D eigenvalue weighted by molar-refractivity contribution is -0.138. The van der Waals surface area contributed by atoms with E-state index in [0.29, 0.717) is 35.7 Å². The van der Waals surface area contributed by atoms with E-state index in [0.717, 1.165) is 29.4 Å². The topological polar surface area (TPSA) is 68.9 Å². The Morgan fingerprint density at radius 2 is 2.13 bits per heavy atom. The number of carbonyl (C=O) groups is 1. The lowest BCUT2D eigenvalue weighted by Gasteiger charge is -2.05. The van der Waals surface area contributed by atoms with E-state index in [1.165, 1.54) is 0 Å². The van der Waals surface area contributed by atoms with Gasteiger partial charge in [0.05, 0.1) is 20.3 Å². The van der Waals surface area contributed by atoms with Crippen molar-refractivity contribution in [2.75, 3.05) is 13.7 Å². The van der Waals surface area contributed by atoms with Crippen LogP contribution in [0.2, 0.25) is 0 Å². The first-order chi connectivity index (χ1) is 11.2. The number of carbonyl (C=O) groups excluding carboxylic acids is 1. The Hall–Kier alpha value is -2.27. The molecule has 0 saturated carbocycles. The number of ether oxygens (including phenoxy) is 2. The van der Waals surface area contributed by atoms with Crippen molar-refractivity contribution < 1.29 is 23.8 Å². The van der Waals surface area contributed by atoms with Crippen LogP contribution in [0.3, 0.4) is 0 Å². The predicted octanol–water partition coefficient (Wildman–Crippen LogP) is 3.43. The zero-order chi connectivity index (χ0) is 16.4. The number of fused-ring (bicyclic) bond motifs is 1. The number of hydrogen-bond acceptors (Lipinski definition) is 5.